The van der Waals surface area contributed by atoms with Gasteiger partial charge in [0.2, 0.25) is 0 Å². The summed E-state index contributed by atoms with van der Waals surface area (Å²) in [5, 5.41) is 0.759. The zero-order valence-electron chi connectivity index (χ0n) is 13.5. The molecule has 23 heavy (non-hydrogen) atoms. The zero-order chi connectivity index (χ0) is 16.6. The Morgan fingerprint density at radius 1 is 1.43 bits per heavy atom. The first-order valence-corrected chi connectivity index (χ1v) is 8.99. The molecule has 1 aliphatic heterocycles. The lowest BCUT2D eigenvalue weighted by Crippen LogP contribution is -2.42. The van der Waals surface area contributed by atoms with Crippen molar-refractivity contribution in [3.05, 3.63) is 15.1 Å². The fraction of sp³-hybridized carbons (Fsp3) is 0.643. The van der Waals surface area contributed by atoms with E-state index < -0.39 is 0 Å². The maximum atomic E-state index is 12.3. The Kier molecular flexibility index (Phi) is 4.90. The average Bonchev–Trinajstić information content (AvgIpc) is 2.95. The Hall–Kier alpha value is -1.16. The van der Waals surface area contributed by atoms with Gasteiger partial charge in [0.25, 0.3) is 5.56 Å². The maximum absolute atomic E-state index is 12.3. The van der Waals surface area contributed by atoms with Crippen molar-refractivity contribution in [1.82, 2.24) is 24.0 Å². The number of thioether (sulfide) groups is 1. The third kappa shape index (κ3) is 3.37. The minimum Gasteiger partial charge on any atom is -0.376 e. The molecule has 1 N–H and O–H groups in total. The van der Waals surface area contributed by atoms with Crippen LogP contribution in [0.15, 0.2) is 9.95 Å². The quantitative estimate of drug-likeness (QED) is 0.655. The number of nitrogens with one attached hydrogen (secondary N) is 1. The van der Waals surface area contributed by atoms with Crippen molar-refractivity contribution in [1.29, 1.82) is 0 Å². The fourth-order valence-electron chi connectivity index (χ4n) is 2.74. The van der Waals surface area contributed by atoms with Crippen LogP contribution in [-0.4, -0.2) is 62.1 Å². The number of hydrogen-bond acceptors (Lipinski definition) is 6. The third-order valence-corrected chi connectivity index (χ3v) is 5.45. The third-order valence-electron chi connectivity index (χ3n) is 4.04. The monoisotopic (exact) mass is 355 g/mol. The number of ether oxygens (including phenoxy) is 1. The number of rotatable bonds is 4. The minimum atomic E-state index is -0.135. The summed E-state index contributed by atoms with van der Waals surface area (Å²) in [4.78, 5) is 22.3. The molecule has 3 rings (SSSR count). The van der Waals surface area contributed by atoms with Crippen molar-refractivity contribution in [2.45, 2.75) is 18.2 Å². The van der Waals surface area contributed by atoms with Gasteiger partial charge in [-0.2, -0.15) is 0 Å². The summed E-state index contributed by atoms with van der Waals surface area (Å²) in [6, 6.07) is 0. The standard InChI is InChI=1S/C14H21N5O2S2/c1-9-8-19(4-6-21-9)5-7-23-13-15-10-11(16-13)17(2)14(22)18(3)12(10)20/h9H,4-8H2,1-3H3,(H,15,16). The summed E-state index contributed by atoms with van der Waals surface area (Å²) >= 11 is 6.87. The lowest BCUT2D eigenvalue weighted by Gasteiger charge is -2.30. The Morgan fingerprint density at radius 3 is 2.96 bits per heavy atom. The molecule has 0 aromatic carbocycles. The van der Waals surface area contributed by atoms with Crippen LogP contribution in [0, 0.1) is 4.77 Å². The van der Waals surface area contributed by atoms with Gasteiger partial charge in [-0.05, 0) is 19.1 Å². The van der Waals surface area contributed by atoms with Crippen molar-refractivity contribution in [2.24, 2.45) is 14.1 Å². The molecule has 0 amide bonds. The van der Waals surface area contributed by atoms with Gasteiger partial charge < -0.3 is 14.3 Å². The Morgan fingerprint density at radius 2 is 2.22 bits per heavy atom. The number of aromatic amines is 1. The summed E-state index contributed by atoms with van der Waals surface area (Å²) in [5.74, 6) is 0.914. The summed E-state index contributed by atoms with van der Waals surface area (Å²) in [5.41, 5.74) is 0.983. The SMILES string of the molecule is CC1CN(CCSc2nc3c([nH]2)c(=O)n(C)c(=S)n3C)CCO1. The van der Waals surface area contributed by atoms with Crippen LogP contribution < -0.4 is 5.56 Å². The lowest BCUT2D eigenvalue weighted by molar-refractivity contribution is -0.0158. The van der Waals surface area contributed by atoms with Crippen LogP contribution in [0.3, 0.4) is 0 Å². The first-order valence-electron chi connectivity index (χ1n) is 7.60. The van der Waals surface area contributed by atoms with E-state index in [0.29, 0.717) is 22.0 Å². The number of aryl methyl sites for hydroxylation is 1. The molecule has 2 aromatic rings. The minimum absolute atomic E-state index is 0.135. The van der Waals surface area contributed by atoms with Gasteiger partial charge in [0.15, 0.2) is 21.1 Å². The van der Waals surface area contributed by atoms with Gasteiger partial charge in [0.05, 0.1) is 12.7 Å². The molecule has 0 spiro atoms. The highest BCUT2D eigenvalue weighted by molar-refractivity contribution is 7.99. The molecule has 0 aliphatic carbocycles. The first-order chi connectivity index (χ1) is 11.0. The Labute approximate surface area is 143 Å². The highest BCUT2D eigenvalue weighted by Gasteiger charge is 2.17. The van der Waals surface area contributed by atoms with E-state index in [9.17, 15) is 4.79 Å². The summed E-state index contributed by atoms with van der Waals surface area (Å²) in [7, 11) is 3.51. The number of hydrogen-bond donors (Lipinski definition) is 1. The van der Waals surface area contributed by atoms with E-state index in [1.54, 1.807) is 23.4 Å². The smallest absolute Gasteiger partial charge is 0.280 e. The molecular weight excluding hydrogens is 334 g/mol. The second-order valence-corrected chi connectivity index (χ2v) is 7.23. The summed E-state index contributed by atoms with van der Waals surface area (Å²) in [6.45, 7) is 5.81. The molecule has 7 nitrogen and oxygen atoms in total. The van der Waals surface area contributed by atoms with Crippen molar-refractivity contribution in [2.75, 3.05) is 32.0 Å². The van der Waals surface area contributed by atoms with Crippen molar-refractivity contribution in [3.63, 3.8) is 0 Å². The van der Waals surface area contributed by atoms with Crippen LogP contribution in [0.25, 0.3) is 11.2 Å². The predicted octanol–water partition coefficient (Wildman–Crippen LogP) is 1.14. The Balaban J connectivity index is 1.72. The Bertz CT molecular complexity index is 825. The van der Waals surface area contributed by atoms with Crippen LogP contribution in [0.1, 0.15) is 6.92 Å². The van der Waals surface area contributed by atoms with E-state index in [1.807, 2.05) is 7.05 Å². The van der Waals surface area contributed by atoms with E-state index in [0.717, 1.165) is 37.2 Å². The molecule has 1 fully saturated rings. The van der Waals surface area contributed by atoms with Crippen LogP contribution in [0.4, 0.5) is 0 Å². The van der Waals surface area contributed by atoms with Crippen molar-refractivity contribution in [3.8, 4) is 0 Å². The van der Waals surface area contributed by atoms with Crippen LogP contribution in [0.2, 0.25) is 0 Å². The van der Waals surface area contributed by atoms with E-state index in [2.05, 4.69) is 21.8 Å². The highest BCUT2D eigenvalue weighted by atomic mass is 32.2. The van der Waals surface area contributed by atoms with E-state index in [1.165, 1.54) is 4.57 Å². The number of nitrogens with zero attached hydrogens (tertiary/aromatic N) is 4. The van der Waals surface area contributed by atoms with Gasteiger partial charge in [-0.25, -0.2) is 4.98 Å². The van der Waals surface area contributed by atoms with Crippen LogP contribution >= 0.6 is 24.0 Å². The lowest BCUT2D eigenvalue weighted by atomic mass is 10.3. The van der Waals surface area contributed by atoms with Gasteiger partial charge in [0.1, 0.15) is 0 Å². The molecule has 0 saturated carbocycles. The van der Waals surface area contributed by atoms with Gasteiger partial charge in [-0.15, -0.1) is 0 Å². The molecule has 2 aromatic heterocycles. The molecule has 1 aliphatic rings. The van der Waals surface area contributed by atoms with Crippen LogP contribution in [-0.2, 0) is 18.8 Å². The molecule has 0 radical (unpaired) electrons. The maximum Gasteiger partial charge on any atom is 0.280 e. The average molecular weight is 355 g/mol. The largest absolute Gasteiger partial charge is 0.376 e. The highest BCUT2D eigenvalue weighted by Crippen LogP contribution is 2.18. The first kappa shape index (κ1) is 16.7. The van der Waals surface area contributed by atoms with E-state index in [-0.39, 0.29) is 5.56 Å². The molecule has 1 saturated heterocycles. The van der Waals surface area contributed by atoms with Crippen molar-refractivity contribution < 1.29 is 4.74 Å². The molecule has 126 valence electrons. The van der Waals surface area contributed by atoms with Gasteiger partial charge in [-0.3, -0.25) is 14.3 Å². The number of H-pyrrole nitrogens is 1. The molecule has 3 heterocycles. The van der Waals surface area contributed by atoms with Crippen LogP contribution in [0.5, 0.6) is 0 Å². The number of aromatic nitrogens is 4. The molecular formula is C14H21N5O2S2. The summed E-state index contributed by atoms with van der Waals surface area (Å²) < 4.78 is 9.23. The number of imidazole rings is 1. The molecule has 9 heteroatoms. The van der Waals surface area contributed by atoms with E-state index >= 15 is 0 Å². The van der Waals surface area contributed by atoms with Gasteiger partial charge in [-0.1, -0.05) is 11.8 Å². The normalized spacial score (nSPS) is 19.5. The number of fused-ring (bicyclic) bond motifs is 1. The predicted molar refractivity (Wildman–Crippen MR) is 93.7 cm³/mol. The molecule has 1 atom stereocenters. The second kappa shape index (κ2) is 6.76. The topological polar surface area (TPSA) is 68.1 Å². The van der Waals surface area contributed by atoms with Gasteiger partial charge >= 0.3 is 0 Å². The van der Waals surface area contributed by atoms with Gasteiger partial charge in [0, 0.05) is 39.5 Å². The molecule has 0 bridgehead atoms. The van der Waals surface area contributed by atoms with E-state index in [4.69, 9.17) is 17.0 Å². The van der Waals surface area contributed by atoms with Crippen molar-refractivity contribution >= 4 is 35.1 Å². The summed E-state index contributed by atoms with van der Waals surface area (Å²) in [6.07, 6.45) is 0.299. The second-order valence-electron chi connectivity index (χ2n) is 5.78. The fourth-order valence-corrected chi connectivity index (χ4v) is 3.78. The number of morpholine rings is 1. The zero-order valence-corrected chi connectivity index (χ0v) is 15.2. The molecule has 1 unspecified atom stereocenters.